The smallest absolute Gasteiger partial charge is 0.236 e. The van der Waals surface area contributed by atoms with E-state index in [9.17, 15) is 4.79 Å². The molecule has 0 radical (unpaired) electrons. The van der Waals surface area contributed by atoms with Crippen LogP contribution in [0.1, 0.15) is 26.7 Å². The Morgan fingerprint density at radius 3 is 2.62 bits per heavy atom. The van der Waals surface area contributed by atoms with E-state index >= 15 is 0 Å². The SMILES string of the molecule is CC1CN(C(=O)CN2CCC3NCCC3C2)CC(C)O1.Cl. The summed E-state index contributed by atoms with van der Waals surface area (Å²) in [5, 5.41) is 3.57. The van der Waals surface area contributed by atoms with E-state index in [1.54, 1.807) is 0 Å². The predicted octanol–water partition coefficient (Wildman–Crippen LogP) is 0.728. The zero-order valence-corrected chi connectivity index (χ0v) is 13.9. The maximum absolute atomic E-state index is 12.5. The molecule has 0 aromatic rings. The van der Waals surface area contributed by atoms with Gasteiger partial charge in [-0.25, -0.2) is 0 Å². The highest BCUT2D eigenvalue weighted by Gasteiger charge is 2.34. The highest BCUT2D eigenvalue weighted by atomic mass is 35.5. The highest BCUT2D eigenvalue weighted by molar-refractivity contribution is 5.85. The van der Waals surface area contributed by atoms with Gasteiger partial charge in [-0.1, -0.05) is 0 Å². The summed E-state index contributed by atoms with van der Waals surface area (Å²) in [6.07, 6.45) is 2.77. The Morgan fingerprint density at radius 2 is 1.90 bits per heavy atom. The largest absolute Gasteiger partial charge is 0.372 e. The number of halogens is 1. The van der Waals surface area contributed by atoms with Gasteiger partial charge in [0.05, 0.1) is 18.8 Å². The lowest BCUT2D eigenvalue weighted by Crippen LogP contribution is -2.53. The molecule has 0 spiro atoms. The van der Waals surface area contributed by atoms with Crippen LogP contribution in [0.4, 0.5) is 0 Å². The van der Waals surface area contributed by atoms with E-state index in [0.717, 1.165) is 38.6 Å². The summed E-state index contributed by atoms with van der Waals surface area (Å²) >= 11 is 0. The van der Waals surface area contributed by atoms with Crippen LogP contribution in [0.15, 0.2) is 0 Å². The van der Waals surface area contributed by atoms with Gasteiger partial charge in [0.1, 0.15) is 0 Å². The number of ether oxygens (including phenoxy) is 1. The third kappa shape index (κ3) is 4.09. The Bertz CT molecular complexity index is 359. The topological polar surface area (TPSA) is 44.8 Å². The highest BCUT2D eigenvalue weighted by Crippen LogP contribution is 2.24. The molecule has 0 aromatic heterocycles. The number of amides is 1. The van der Waals surface area contributed by atoms with Crippen molar-refractivity contribution >= 4 is 18.3 Å². The van der Waals surface area contributed by atoms with Gasteiger partial charge in [0.15, 0.2) is 0 Å². The maximum atomic E-state index is 12.5. The lowest BCUT2D eigenvalue weighted by atomic mass is 9.93. The van der Waals surface area contributed by atoms with Crippen molar-refractivity contribution in [1.29, 1.82) is 0 Å². The van der Waals surface area contributed by atoms with Crippen LogP contribution >= 0.6 is 12.4 Å². The summed E-state index contributed by atoms with van der Waals surface area (Å²) in [4.78, 5) is 16.8. The van der Waals surface area contributed by atoms with E-state index in [2.05, 4.69) is 10.2 Å². The number of nitrogens with one attached hydrogen (secondary N) is 1. The van der Waals surface area contributed by atoms with Gasteiger partial charge in [0, 0.05) is 32.2 Å². The van der Waals surface area contributed by atoms with Crippen LogP contribution in [0.5, 0.6) is 0 Å². The third-order valence-corrected chi connectivity index (χ3v) is 4.87. The first-order chi connectivity index (χ1) is 9.61. The molecule has 0 aliphatic carbocycles. The van der Waals surface area contributed by atoms with E-state index in [0.29, 0.717) is 12.6 Å². The number of hydrogen-bond donors (Lipinski definition) is 1. The van der Waals surface area contributed by atoms with Crippen LogP contribution in [0.3, 0.4) is 0 Å². The lowest BCUT2D eigenvalue weighted by molar-refractivity contribution is -0.144. The molecule has 3 aliphatic rings. The van der Waals surface area contributed by atoms with Crippen molar-refractivity contribution in [3.05, 3.63) is 0 Å². The van der Waals surface area contributed by atoms with Gasteiger partial charge in [-0.05, 0) is 39.2 Å². The normalized spacial score (nSPS) is 37.0. The molecule has 4 atom stereocenters. The summed E-state index contributed by atoms with van der Waals surface area (Å²) in [6.45, 7) is 9.44. The van der Waals surface area contributed by atoms with E-state index in [1.807, 2.05) is 18.7 Å². The number of rotatable bonds is 2. The van der Waals surface area contributed by atoms with Crippen LogP contribution in [0, 0.1) is 5.92 Å². The van der Waals surface area contributed by atoms with Crippen molar-refractivity contribution in [2.45, 2.75) is 44.9 Å². The first-order valence-corrected chi connectivity index (χ1v) is 8.01. The van der Waals surface area contributed by atoms with Crippen molar-refractivity contribution < 1.29 is 9.53 Å². The summed E-state index contributed by atoms with van der Waals surface area (Å²) < 4.78 is 5.70. The van der Waals surface area contributed by atoms with Gasteiger partial charge in [-0.2, -0.15) is 0 Å². The van der Waals surface area contributed by atoms with Crippen molar-refractivity contribution in [3.63, 3.8) is 0 Å². The number of morpholine rings is 1. The average molecular weight is 318 g/mol. The number of likely N-dealkylation sites (tertiary alicyclic amines) is 1. The molecule has 21 heavy (non-hydrogen) atoms. The van der Waals surface area contributed by atoms with Gasteiger partial charge < -0.3 is 15.0 Å². The van der Waals surface area contributed by atoms with Crippen molar-refractivity contribution in [2.24, 2.45) is 5.92 Å². The molecule has 3 rings (SSSR count). The number of carbonyl (C=O) groups is 1. The Hall–Kier alpha value is -0.360. The summed E-state index contributed by atoms with van der Waals surface area (Å²) in [7, 11) is 0. The van der Waals surface area contributed by atoms with Gasteiger partial charge >= 0.3 is 0 Å². The molecule has 0 aromatic carbocycles. The molecule has 3 heterocycles. The molecule has 4 unspecified atom stereocenters. The van der Waals surface area contributed by atoms with Crippen molar-refractivity contribution in [3.8, 4) is 0 Å². The third-order valence-electron chi connectivity index (χ3n) is 4.87. The molecular weight excluding hydrogens is 290 g/mol. The van der Waals surface area contributed by atoms with E-state index in [-0.39, 0.29) is 30.5 Å². The van der Waals surface area contributed by atoms with Crippen LogP contribution in [-0.4, -0.2) is 73.2 Å². The number of hydrogen-bond acceptors (Lipinski definition) is 4. The molecule has 3 aliphatic heterocycles. The zero-order chi connectivity index (χ0) is 14.1. The molecule has 6 heteroatoms. The fourth-order valence-corrected chi connectivity index (χ4v) is 3.94. The second kappa shape index (κ2) is 7.27. The first-order valence-electron chi connectivity index (χ1n) is 8.01. The molecule has 5 nitrogen and oxygen atoms in total. The number of nitrogens with zero attached hydrogens (tertiary/aromatic N) is 2. The van der Waals surface area contributed by atoms with Crippen molar-refractivity contribution in [1.82, 2.24) is 15.1 Å². The van der Waals surface area contributed by atoms with E-state index in [4.69, 9.17) is 4.74 Å². The van der Waals surface area contributed by atoms with Gasteiger partial charge in [-0.15, -0.1) is 12.4 Å². The molecule has 1 N–H and O–H groups in total. The number of fused-ring (bicyclic) bond motifs is 1. The fourth-order valence-electron chi connectivity index (χ4n) is 3.94. The van der Waals surface area contributed by atoms with E-state index in [1.165, 1.54) is 12.8 Å². The standard InChI is InChI=1S/C15H27N3O2.ClH/c1-11-7-18(8-12(2)20-11)15(19)10-17-6-4-14-13(9-17)3-5-16-14;/h11-14,16H,3-10H2,1-2H3;1H. The number of carbonyl (C=O) groups excluding carboxylic acids is 1. The Morgan fingerprint density at radius 1 is 1.19 bits per heavy atom. The molecule has 0 saturated carbocycles. The summed E-state index contributed by atoms with van der Waals surface area (Å²) in [5.41, 5.74) is 0. The Kier molecular flexibility index (Phi) is 5.88. The molecule has 0 bridgehead atoms. The Labute approximate surface area is 133 Å². The van der Waals surface area contributed by atoms with E-state index < -0.39 is 0 Å². The van der Waals surface area contributed by atoms with Crippen LogP contribution in [0.2, 0.25) is 0 Å². The van der Waals surface area contributed by atoms with Crippen molar-refractivity contribution in [2.75, 3.05) is 39.3 Å². The van der Waals surface area contributed by atoms with Crippen LogP contribution in [-0.2, 0) is 9.53 Å². The second-order valence-electron chi connectivity index (χ2n) is 6.69. The maximum Gasteiger partial charge on any atom is 0.236 e. The Balaban J connectivity index is 0.00000161. The zero-order valence-electron chi connectivity index (χ0n) is 13.1. The monoisotopic (exact) mass is 317 g/mol. The average Bonchev–Trinajstić information content (AvgIpc) is 2.85. The molecule has 122 valence electrons. The van der Waals surface area contributed by atoms with Crippen LogP contribution in [0.25, 0.3) is 0 Å². The van der Waals surface area contributed by atoms with Gasteiger partial charge in [-0.3, -0.25) is 9.69 Å². The number of piperidine rings is 1. The molecule has 1 amide bonds. The summed E-state index contributed by atoms with van der Waals surface area (Å²) in [5.74, 6) is 1.02. The molecule has 3 fully saturated rings. The van der Waals surface area contributed by atoms with Gasteiger partial charge in [0.2, 0.25) is 5.91 Å². The minimum atomic E-state index is 0. The first kappa shape index (κ1) is 17.0. The minimum absolute atomic E-state index is 0. The molecular formula is C15H28ClN3O2. The predicted molar refractivity (Wildman–Crippen MR) is 84.8 cm³/mol. The fraction of sp³-hybridized carbons (Fsp3) is 0.933. The summed E-state index contributed by atoms with van der Waals surface area (Å²) in [6, 6.07) is 0.699. The quantitative estimate of drug-likeness (QED) is 0.815. The minimum Gasteiger partial charge on any atom is -0.372 e. The van der Waals surface area contributed by atoms with Crippen LogP contribution < -0.4 is 5.32 Å². The van der Waals surface area contributed by atoms with Gasteiger partial charge in [0.25, 0.3) is 0 Å². The molecule has 3 saturated heterocycles. The lowest BCUT2D eigenvalue weighted by Gasteiger charge is -2.38. The second-order valence-corrected chi connectivity index (χ2v) is 6.69.